The summed E-state index contributed by atoms with van der Waals surface area (Å²) in [5.41, 5.74) is 3.74. The van der Waals surface area contributed by atoms with Gasteiger partial charge in [0.25, 0.3) is 5.91 Å². The van der Waals surface area contributed by atoms with Crippen molar-refractivity contribution in [3.8, 4) is 0 Å². The van der Waals surface area contributed by atoms with Crippen molar-refractivity contribution in [3.63, 3.8) is 0 Å². The average Bonchev–Trinajstić information content (AvgIpc) is 2.79. The number of aryl methyl sites for hydroxylation is 2. The van der Waals surface area contributed by atoms with Crippen LogP contribution in [0.15, 0.2) is 28.8 Å². The van der Waals surface area contributed by atoms with Crippen molar-refractivity contribution in [2.24, 2.45) is 0 Å². The van der Waals surface area contributed by atoms with Crippen LogP contribution < -0.4 is 0 Å². The summed E-state index contributed by atoms with van der Waals surface area (Å²) in [5.74, 6) is 1.73. The van der Waals surface area contributed by atoms with Crippen LogP contribution in [0.3, 0.4) is 0 Å². The summed E-state index contributed by atoms with van der Waals surface area (Å²) in [7, 11) is 1.80. The molecule has 1 aromatic heterocycles. The van der Waals surface area contributed by atoms with Gasteiger partial charge in [0.2, 0.25) is 0 Å². The van der Waals surface area contributed by atoms with Crippen molar-refractivity contribution in [1.82, 2.24) is 10.1 Å². The van der Waals surface area contributed by atoms with Gasteiger partial charge in [-0.3, -0.25) is 4.79 Å². The van der Waals surface area contributed by atoms with Gasteiger partial charge in [-0.1, -0.05) is 17.3 Å². The third-order valence-electron chi connectivity index (χ3n) is 3.44. The van der Waals surface area contributed by atoms with Gasteiger partial charge >= 0.3 is 0 Å². The van der Waals surface area contributed by atoms with Gasteiger partial charge in [-0.15, -0.1) is 0 Å². The number of benzene rings is 1. The van der Waals surface area contributed by atoms with Gasteiger partial charge in [0.05, 0.1) is 12.2 Å². The number of hydrogen-bond acceptors (Lipinski definition) is 4. The Labute approximate surface area is 129 Å². The SMILES string of the molecule is CSCc1ccc(C(=O)N(C)Cc2c(C)noc2C)cc1. The fourth-order valence-electron chi connectivity index (χ4n) is 2.17. The fourth-order valence-corrected chi connectivity index (χ4v) is 2.69. The van der Waals surface area contributed by atoms with Crippen LogP contribution in [0, 0.1) is 13.8 Å². The molecule has 0 saturated heterocycles. The zero-order valence-electron chi connectivity index (χ0n) is 12.8. The number of carbonyl (C=O) groups is 1. The van der Waals surface area contributed by atoms with Crippen molar-refractivity contribution in [2.75, 3.05) is 13.3 Å². The molecule has 21 heavy (non-hydrogen) atoms. The quantitative estimate of drug-likeness (QED) is 0.849. The molecular formula is C16H20N2O2S. The summed E-state index contributed by atoms with van der Waals surface area (Å²) in [4.78, 5) is 14.1. The molecule has 5 heteroatoms. The van der Waals surface area contributed by atoms with Crippen LogP contribution in [0.5, 0.6) is 0 Å². The maximum absolute atomic E-state index is 12.4. The second-order valence-corrected chi connectivity index (χ2v) is 5.96. The summed E-state index contributed by atoms with van der Waals surface area (Å²) < 4.78 is 5.13. The van der Waals surface area contributed by atoms with Crippen molar-refractivity contribution in [3.05, 3.63) is 52.4 Å². The third kappa shape index (κ3) is 3.67. The minimum atomic E-state index is 0.00528. The maximum Gasteiger partial charge on any atom is 0.253 e. The molecule has 0 atom stereocenters. The first-order valence-electron chi connectivity index (χ1n) is 6.78. The van der Waals surface area contributed by atoms with Gasteiger partial charge in [0.1, 0.15) is 5.76 Å². The Balaban J connectivity index is 2.08. The highest BCUT2D eigenvalue weighted by Crippen LogP contribution is 2.16. The van der Waals surface area contributed by atoms with Gasteiger partial charge in [-0.05, 0) is 37.8 Å². The lowest BCUT2D eigenvalue weighted by atomic mass is 10.1. The second kappa shape index (κ2) is 6.80. The minimum Gasteiger partial charge on any atom is -0.361 e. The number of thioether (sulfide) groups is 1. The predicted molar refractivity (Wildman–Crippen MR) is 85.4 cm³/mol. The molecular weight excluding hydrogens is 284 g/mol. The highest BCUT2D eigenvalue weighted by Gasteiger charge is 2.16. The standard InChI is InChI=1S/C16H20N2O2S/c1-11-15(12(2)20-17-11)9-18(3)16(19)14-7-5-13(6-8-14)10-21-4/h5-8H,9-10H2,1-4H3. The van der Waals surface area contributed by atoms with E-state index in [1.807, 2.05) is 38.1 Å². The molecule has 0 bridgehead atoms. The summed E-state index contributed by atoms with van der Waals surface area (Å²) in [6.45, 7) is 4.26. The summed E-state index contributed by atoms with van der Waals surface area (Å²) in [6, 6.07) is 7.79. The van der Waals surface area contributed by atoms with E-state index in [4.69, 9.17) is 4.52 Å². The lowest BCUT2D eigenvalue weighted by Crippen LogP contribution is -2.26. The van der Waals surface area contributed by atoms with E-state index in [1.54, 1.807) is 23.7 Å². The van der Waals surface area contributed by atoms with Gasteiger partial charge in [0, 0.05) is 23.9 Å². The first-order valence-corrected chi connectivity index (χ1v) is 8.17. The molecule has 0 aliphatic carbocycles. The molecule has 2 aromatic rings. The average molecular weight is 304 g/mol. The highest BCUT2D eigenvalue weighted by molar-refractivity contribution is 7.97. The molecule has 0 radical (unpaired) electrons. The topological polar surface area (TPSA) is 46.3 Å². The predicted octanol–water partition coefficient (Wildman–Crippen LogP) is 3.43. The molecule has 0 N–H and O–H groups in total. The number of nitrogens with zero attached hydrogens (tertiary/aromatic N) is 2. The van der Waals surface area contributed by atoms with E-state index in [2.05, 4.69) is 11.4 Å². The van der Waals surface area contributed by atoms with Crippen molar-refractivity contribution in [2.45, 2.75) is 26.1 Å². The van der Waals surface area contributed by atoms with E-state index in [0.717, 1.165) is 22.8 Å². The van der Waals surface area contributed by atoms with E-state index in [-0.39, 0.29) is 5.91 Å². The molecule has 0 aliphatic rings. The van der Waals surface area contributed by atoms with Gasteiger partial charge < -0.3 is 9.42 Å². The molecule has 1 heterocycles. The summed E-state index contributed by atoms with van der Waals surface area (Å²) >= 11 is 1.77. The largest absolute Gasteiger partial charge is 0.361 e. The normalized spacial score (nSPS) is 10.7. The molecule has 0 aliphatic heterocycles. The smallest absolute Gasteiger partial charge is 0.253 e. The van der Waals surface area contributed by atoms with Crippen LogP contribution in [-0.2, 0) is 12.3 Å². The van der Waals surface area contributed by atoms with Crippen LogP contribution >= 0.6 is 11.8 Å². The Kier molecular flexibility index (Phi) is 5.07. The summed E-state index contributed by atoms with van der Waals surface area (Å²) in [6.07, 6.45) is 2.07. The zero-order valence-corrected chi connectivity index (χ0v) is 13.7. The van der Waals surface area contributed by atoms with E-state index < -0.39 is 0 Å². The molecule has 0 unspecified atom stereocenters. The van der Waals surface area contributed by atoms with Crippen LogP contribution in [0.1, 0.15) is 32.9 Å². The van der Waals surface area contributed by atoms with Gasteiger partial charge in [-0.25, -0.2) is 0 Å². The van der Waals surface area contributed by atoms with Crippen molar-refractivity contribution in [1.29, 1.82) is 0 Å². The van der Waals surface area contributed by atoms with Crippen LogP contribution in [-0.4, -0.2) is 29.3 Å². The van der Waals surface area contributed by atoms with E-state index >= 15 is 0 Å². The molecule has 112 valence electrons. The number of amides is 1. The van der Waals surface area contributed by atoms with Crippen molar-refractivity contribution < 1.29 is 9.32 Å². The molecule has 0 fully saturated rings. The van der Waals surface area contributed by atoms with Gasteiger partial charge in [0.15, 0.2) is 0 Å². The fraction of sp³-hybridized carbons (Fsp3) is 0.375. The van der Waals surface area contributed by atoms with Crippen LogP contribution in [0.2, 0.25) is 0 Å². The highest BCUT2D eigenvalue weighted by atomic mass is 32.2. The molecule has 1 amide bonds. The molecule has 0 saturated carbocycles. The number of rotatable bonds is 5. The maximum atomic E-state index is 12.4. The minimum absolute atomic E-state index is 0.00528. The second-order valence-electron chi connectivity index (χ2n) is 5.09. The number of aromatic nitrogens is 1. The lowest BCUT2D eigenvalue weighted by Gasteiger charge is -2.17. The Morgan fingerprint density at radius 1 is 1.29 bits per heavy atom. The zero-order chi connectivity index (χ0) is 15.4. The number of hydrogen-bond donors (Lipinski definition) is 0. The molecule has 2 rings (SSSR count). The first kappa shape index (κ1) is 15.6. The molecule has 4 nitrogen and oxygen atoms in total. The Morgan fingerprint density at radius 3 is 2.48 bits per heavy atom. The molecule has 0 spiro atoms. The van der Waals surface area contributed by atoms with E-state index in [9.17, 15) is 4.79 Å². The van der Waals surface area contributed by atoms with E-state index in [0.29, 0.717) is 12.1 Å². The van der Waals surface area contributed by atoms with Crippen molar-refractivity contribution >= 4 is 17.7 Å². The van der Waals surface area contributed by atoms with Gasteiger partial charge in [-0.2, -0.15) is 11.8 Å². The number of carbonyl (C=O) groups excluding carboxylic acids is 1. The third-order valence-corrected chi connectivity index (χ3v) is 4.06. The molecule has 1 aromatic carbocycles. The van der Waals surface area contributed by atoms with Crippen LogP contribution in [0.25, 0.3) is 0 Å². The Morgan fingerprint density at radius 2 is 1.95 bits per heavy atom. The van der Waals surface area contributed by atoms with Crippen LogP contribution in [0.4, 0.5) is 0 Å². The summed E-state index contributed by atoms with van der Waals surface area (Å²) in [5, 5.41) is 3.92. The van der Waals surface area contributed by atoms with E-state index in [1.165, 1.54) is 5.56 Å². The first-order chi connectivity index (χ1) is 10.0. The Bertz CT molecular complexity index is 600. The lowest BCUT2D eigenvalue weighted by molar-refractivity contribution is 0.0784. The Hall–Kier alpha value is -1.75. The monoisotopic (exact) mass is 304 g/mol.